The zero-order valence-corrected chi connectivity index (χ0v) is 10.9. The van der Waals surface area contributed by atoms with Crippen LogP contribution in [0.2, 0.25) is 0 Å². The average molecular weight is 251 g/mol. The van der Waals surface area contributed by atoms with E-state index in [2.05, 4.69) is 22.3 Å². The van der Waals surface area contributed by atoms with Crippen LogP contribution in [0, 0.1) is 13.8 Å². The van der Waals surface area contributed by atoms with Gasteiger partial charge in [-0.15, -0.1) is 0 Å². The van der Waals surface area contributed by atoms with Crippen LogP contribution in [0.15, 0.2) is 22.5 Å². The van der Waals surface area contributed by atoms with Crippen molar-refractivity contribution < 1.29 is 0 Å². The molecule has 0 aliphatic carbocycles. The van der Waals surface area contributed by atoms with E-state index in [0.717, 1.165) is 27.2 Å². The molecule has 0 fully saturated rings. The van der Waals surface area contributed by atoms with Crippen molar-refractivity contribution in [1.82, 2.24) is 9.36 Å². The highest BCUT2D eigenvalue weighted by Gasteiger charge is 2.05. The van der Waals surface area contributed by atoms with Crippen molar-refractivity contribution in [2.75, 3.05) is 5.73 Å². The van der Waals surface area contributed by atoms with Gasteiger partial charge in [0.1, 0.15) is 5.82 Å². The van der Waals surface area contributed by atoms with Crippen LogP contribution in [0.4, 0.5) is 5.69 Å². The molecule has 0 saturated heterocycles. The second-order valence-electron chi connectivity index (χ2n) is 3.53. The van der Waals surface area contributed by atoms with Crippen molar-refractivity contribution in [3.05, 3.63) is 35.2 Å². The zero-order valence-electron chi connectivity index (χ0n) is 9.23. The number of aromatic nitrogens is 2. The number of rotatable bonds is 3. The van der Waals surface area contributed by atoms with Gasteiger partial charge in [-0.25, -0.2) is 4.98 Å². The minimum absolute atomic E-state index is 0.844. The normalized spacial score (nSPS) is 10.6. The Hall–Kier alpha value is -1.07. The summed E-state index contributed by atoms with van der Waals surface area (Å²) in [6.07, 6.45) is 0. The molecule has 0 amide bonds. The number of hydrogen-bond donors (Lipinski definition) is 1. The van der Waals surface area contributed by atoms with Crippen LogP contribution in [0.5, 0.6) is 0 Å². The standard InChI is InChI=1S/C11H13N3S2/c1-7-9(4-3-5-10(7)12)6-15-11-13-8(2)14-16-11/h3-5H,6,12H2,1-2H3. The summed E-state index contributed by atoms with van der Waals surface area (Å²) in [6.45, 7) is 3.96. The maximum Gasteiger partial charge on any atom is 0.170 e. The molecule has 2 rings (SSSR count). The Morgan fingerprint density at radius 3 is 2.88 bits per heavy atom. The summed E-state index contributed by atoms with van der Waals surface area (Å²) >= 11 is 3.16. The Morgan fingerprint density at radius 2 is 2.19 bits per heavy atom. The maximum atomic E-state index is 5.86. The van der Waals surface area contributed by atoms with Gasteiger partial charge in [-0.2, -0.15) is 4.37 Å². The van der Waals surface area contributed by atoms with Gasteiger partial charge in [0, 0.05) is 11.4 Å². The van der Waals surface area contributed by atoms with Gasteiger partial charge in [0.25, 0.3) is 0 Å². The summed E-state index contributed by atoms with van der Waals surface area (Å²) in [5, 5.41) is 0. The molecule has 0 atom stereocenters. The van der Waals surface area contributed by atoms with Crippen molar-refractivity contribution in [3.63, 3.8) is 0 Å². The van der Waals surface area contributed by atoms with Crippen LogP contribution in [0.1, 0.15) is 17.0 Å². The summed E-state index contributed by atoms with van der Waals surface area (Å²) in [7, 11) is 0. The number of nitrogens with zero attached hydrogens (tertiary/aromatic N) is 2. The van der Waals surface area contributed by atoms with E-state index in [4.69, 9.17) is 5.73 Å². The lowest BCUT2D eigenvalue weighted by molar-refractivity contribution is 1.10. The summed E-state index contributed by atoms with van der Waals surface area (Å²) in [5.41, 5.74) is 9.14. The first-order valence-electron chi connectivity index (χ1n) is 4.94. The fourth-order valence-electron chi connectivity index (χ4n) is 1.34. The maximum absolute atomic E-state index is 5.86. The van der Waals surface area contributed by atoms with Crippen LogP contribution in [-0.4, -0.2) is 9.36 Å². The van der Waals surface area contributed by atoms with E-state index in [0.29, 0.717) is 0 Å². The van der Waals surface area contributed by atoms with Gasteiger partial charge < -0.3 is 5.73 Å². The first-order valence-corrected chi connectivity index (χ1v) is 6.70. The summed E-state index contributed by atoms with van der Waals surface area (Å²) in [4.78, 5) is 4.32. The number of aryl methyl sites for hydroxylation is 1. The second kappa shape index (κ2) is 4.84. The van der Waals surface area contributed by atoms with E-state index in [9.17, 15) is 0 Å². The van der Waals surface area contributed by atoms with Gasteiger partial charge in [0.05, 0.1) is 0 Å². The van der Waals surface area contributed by atoms with E-state index in [1.54, 1.807) is 11.8 Å². The van der Waals surface area contributed by atoms with Crippen LogP contribution < -0.4 is 5.73 Å². The summed E-state index contributed by atoms with van der Waals surface area (Å²) in [5.74, 6) is 1.74. The van der Waals surface area contributed by atoms with Gasteiger partial charge in [0.15, 0.2) is 4.34 Å². The SMILES string of the molecule is Cc1nsc(SCc2cccc(N)c2C)n1. The van der Waals surface area contributed by atoms with Crippen LogP contribution in [0.3, 0.4) is 0 Å². The molecule has 5 heteroatoms. The molecule has 2 N–H and O–H groups in total. The van der Waals surface area contributed by atoms with Gasteiger partial charge in [-0.1, -0.05) is 23.9 Å². The molecule has 16 heavy (non-hydrogen) atoms. The summed E-state index contributed by atoms with van der Waals surface area (Å²) < 4.78 is 5.17. The van der Waals surface area contributed by atoms with Gasteiger partial charge in [0.2, 0.25) is 0 Å². The highest BCUT2D eigenvalue weighted by Crippen LogP contribution is 2.27. The molecule has 3 nitrogen and oxygen atoms in total. The molecule has 0 radical (unpaired) electrons. The van der Waals surface area contributed by atoms with Crippen molar-refractivity contribution in [1.29, 1.82) is 0 Å². The quantitative estimate of drug-likeness (QED) is 0.673. The molecule has 0 bridgehead atoms. The lowest BCUT2D eigenvalue weighted by Gasteiger charge is -2.06. The number of nitrogen functional groups attached to an aromatic ring is 1. The monoisotopic (exact) mass is 251 g/mol. The largest absolute Gasteiger partial charge is 0.399 e. The number of hydrogen-bond acceptors (Lipinski definition) is 5. The zero-order chi connectivity index (χ0) is 11.5. The Morgan fingerprint density at radius 1 is 1.38 bits per heavy atom. The van der Waals surface area contributed by atoms with E-state index in [1.807, 2.05) is 19.1 Å². The molecule has 0 spiro atoms. The highest BCUT2D eigenvalue weighted by atomic mass is 32.2. The first kappa shape index (κ1) is 11.4. The van der Waals surface area contributed by atoms with E-state index < -0.39 is 0 Å². The van der Waals surface area contributed by atoms with Crippen molar-refractivity contribution >= 4 is 29.0 Å². The minimum Gasteiger partial charge on any atom is -0.399 e. The van der Waals surface area contributed by atoms with Crippen molar-refractivity contribution in [2.45, 2.75) is 23.9 Å². The Bertz CT molecular complexity index is 494. The summed E-state index contributed by atoms with van der Waals surface area (Å²) in [6, 6.07) is 6.02. The predicted molar refractivity (Wildman–Crippen MR) is 69.8 cm³/mol. The smallest absolute Gasteiger partial charge is 0.170 e. The van der Waals surface area contributed by atoms with E-state index in [-0.39, 0.29) is 0 Å². The average Bonchev–Trinajstić information content (AvgIpc) is 2.67. The third-order valence-corrected chi connectivity index (χ3v) is 4.32. The number of benzene rings is 1. The number of anilines is 1. The molecule has 84 valence electrons. The lowest BCUT2D eigenvalue weighted by atomic mass is 10.1. The second-order valence-corrected chi connectivity index (χ2v) is 5.50. The molecule has 2 aromatic rings. The fraction of sp³-hybridized carbons (Fsp3) is 0.273. The molecule has 1 heterocycles. The highest BCUT2D eigenvalue weighted by molar-refractivity contribution is 8.00. The molecular weight excluding hydrogens is 238 g/mol. The molecule has 0 unspecified atom stereocenters. The molecular formula is C11H13N3S2. The Labute approximate surface area is 103 Å². The van der Waals surface area contributed by atoms with Crippen molar-refractivity contribution in [2.24, 2.45) is 0 Å². The predicted octanol–water partition coefficient (Wildman–Crippen LogP) is 3.03. The van der Waals surface area contributed by atoms with Crippen LogP contribution in [-0.2, 0) is 5.75 Å². The van der Waals surface area contributed by atoms with Gasteiger partial charge >= 0.3 is 0 Å². The van der Waals surface area contributed by atoms with Crippen LogP contribution >= 0.6 is 23.3 Å². The Kier molecular flexibility index (Phi) is 3.46. The van der Waals surface area contributed by atoms with Crippen molar-refractivity contribution in [3.8, 4) is 0 Å². The lowest BCUT2D eigenvalue weighted by Crippen LogP contribution is -1.93. The number of thioether (sulfide) groups is 1. The third-order valence-electron chi connectivity index (χ3n) is 2.35. The van der Waals surface area contributed by atoms with Gasteiger partial charge in [-0.3, -0.25) is 0 Å². The molecule has 1 aromatic heterocycles. The topological polar surface area (TPSA) is 51.8 Å². The van der Waals surface area contributed by atoms with E-state index in [1.165, 1.54) is 17.1 Å². The molecule has 0 aliphatic heterocycles. The van der Waals surface area contributed by atoms with Gasteiger partial charge in [-0.05, 0) is 42.6 Å². The molecule has 0 saturated carbocycles. The van der Waals surface area contributed by atoms with E-state index >= 15 is 0 Å². The third kappa shape index (κ3) is 2.54. The fourth-order valence-corrected chi connectivity index (χ4v) is 3.05. The van der Waals surface area contributed by atoms with Crippen LogP contribution in [0.25, 0.3) is 0 Å². The first-order chi connectivity index (χ1) is 7.66. The Balaban J connectivity index is 2.07. The number of nitrogens with two attached hydrogens (primary N) is 1. The minimum atomic E-state index is 0.844. The molecule has 0 aliphatic rings. The molecule has 1 aromatic carbocycles.